The van der Waals surface area contributed by atoms with Crippen LogP contribution in [0, 0.1) is 0 Å². The zero-order valence-corrected chi connectivity index (χ0v) is 15.3. The molecule has 3 rings (SSSR count). The van der Waals surface area contributed by atoms with E-state index in [0.29, 0.717) is 28.4 Å². The van der Waals surface area contributed by atoms with E-state index in [2.05, 4.69) is 11.6 Å². The highest BCUT2D eigenvalue weighted by Gasteiger charge is 2.19. The van der Waals surface area contributed by atoms with Gasteiger partial charge in [-0.05, 0) is 0 Å². The average molecular weight is 370 g/mol. The normalized spacial score (nSPS) is 11.0. The summed E-state index contributed by atoms with van der Waals surface area (Å²) in [6.45, 7) is 4.07. The molecule has 0 amide bonds. The van der Waals surface area contributed by atoms with Gasteiger partial charge in [-0.15, -0.1) is 6.58 Å². The number of aryl methyl sites for hydroxylation is 1. The summed E-state index contributed by atoms with van der Waals surface area (Å²) in [5.74, 6) is 0.147. The summed E-state index contributed by atoms with van der Waals surface area (Å²) in [6.07, 6.45) is 1.65. The van der Waals surface area contributed by atoms with Crippen molar-refractivity contribution in [2.45, 2.75) is 11.7 Å². The number of benzene rings is 1. The second-order valence-electron chi connectivity index (χ2n) is 5.75. The first-order valence-corrected chi connectivity index (χ1v) is 8.92. The van der Waals surface area contributed by atoms with Crippen LogP contribution in [0.2, 0.25) is 0 Å². The number of carbonyl (C=O) groups excluding carboxylic acids is 1. The first-order chi connectivity index (χ1) is 12.5. The largest absolute Gasteiger partial charge is 0.332 e. The fraction of sp³-hybridized carbons (Fsp3) is 0.222. The average Bonchev–Trinajstić information content (AvgIpc) is 3.02. The van der Waals surface area contributed by atoms with Crippen LogP contribution < -0.4 is 11.2 Å². The Morgan fingerprint density at radius 1 is 1.19 bits per heavy atom. The number of aromatic nitrogens is 4. The monoisotopic (exact) mass is 370 g/mol. The second-order valence-corrected chi connectivity index (χ2v) is 6.69. The number of ketones is 1. The molecule has 0 atom stereocenters. The van der Waals surface area contributed by atoms with Crippen LogP contribution >= 0.6 is 11.8 Å². The van der Waals surface area contributed by atoms with E-state index >= 15 is 0 Å². The molecule has 0 bridgehead atoms. The minimum atomic E-state index is -0.442. The Bertz CT molecular complexity index is 1110. The molecule has 8 heteroatoms. The molecular formula is C18H18N4O3S. The number of Topliss-reactive ketones (excluding diaryl/α,β-unsaturated/α-hetero) is 1. The Morgan fingerprint density at radius 3 is 2.54 bits per heavy atom. The molecule has 26 heavy (non-hydrogen) atoms. The number of rotatable bonds is 6. The minimum Gasteiger partial charge on any atom is -0.309 e. The van der Waals surface area contributed by atoms with Crippen LogP contribution in [0.5, 0.6) is 0 Å². The number of imidazole rings is 1. The molecule has 0 saturated carbocycles. The van der Waals surface area contributed by atoms with Gasteiger partial charge in [0.2, 0.25) is 0 Å². The van der Waals surface area contributed by atoms with Gasteiger partial charge in [0.05, 0.1) is 5.75 Å². The Labute approximate surface area is 153 Å². The van der Waals surface area contributed by atoms with E-state index in [-0.39, 0.29) is 11.5 Å². The van der Waals surface area contributed by atoms with Crippen LogP contribution in [-0.2, 0) is 20.6 Å². The fourth-order valence-corrected chi connectivity index (χ4v) is 3.57. The third-order valence-electron chi connectivity index (χ3n) is 4.05. The highest BCUT2D eigenvalue weighted by Crippen LogP contribution is 2.22. The molecule has 2 heterocycles. The zero-order chi connectivity index (χ0) is 18.8. The highest BCUT2D eigenvalue weighted by atomic mass is 32.2. The van der Waals surface area contributed by atoms with Crippen molar-refractivity contribution in [2.24, 2.45) is 14.1 Å². The maximum Gasteiger partial charge on any atom is 0.332 e. The molecule has 7 nitrogen and oxygen atoms in total. The van der Waals surface area contributed by atoms with Crippen molar-refractivity contribution in [3.8, 4) is 0 Å². The summed E-state index contributed by atoms with van der Waals surface area (Å²) in [7, 11) is 3.00. The first kappa shape index (κ1) is 17.9. The lowest BCUT2D eigenvalue weighted by molar-refractivity contribution is 0.102. The summed E-state index contributed by atoms with van der Waals surface area (Å²) in [5.41, 5.74) is 0.384. The van der Waals surface area contributed by atoms with Crippen molar-refractivity contribution in [3.05, 3.63) is 69.4 Å². The van der Waals surface area contributed by atoms with Crippen molar-refractivity contribution in [1.82, 2.24) is 18.7 Å². The molecule has 2 aromatic heterocycles. The Hall–Kier alpha value is -2.87. The molecule has 1 aromatic carbocycles. The van der Waals surface area contributed by atoms with Crippen LogP contribution in [0.15, 0.2) is 57.7 Å². The quantitative estimate of drug-likeness (QED) is 0.374. The van der Waals surface area contributed by atoms with Crippen LogP contribution in [0.3, 0.4) is 0 Å². The van der Waals surface area contributed by atoms with Gasteiger partial charge in [-0.3, -0.25) is 18.7 Å². The number of thioether (sulfide) groups is 1. The number of carbonyl (C=O) groups is 1. The maximum absolute atomic E-state index is 12.5. The van der Waals surface area contributed by atoms with Gasteiger partial charge in [0.1, 0.15) is 0 Å². The predicted octanol–water partition coefficient (Wildman–Crippen LogP) is 1.59. The van der Waals surface area contributed by atoms with E-state index in [0.717, 1.165) is 4.57 Å². The van der Waals surface area contributed by atoms with Gasteiger partial charge in [0.15, 0.2) is 22.1 Å². The van der Waals surface area contributed by atoms with E-state index in [1.807, 2.05) is 18.2 Å². The zero-order valence-electron chi connectivity index (χ0n) is 14.5. The van der Waals surface area contributed by atoms with Gasteiger partial charge in [0, 0.05) is 26.2 Å². The third kappa shape index (κ3) is 3.03. The van der Waals surface area contributed by atoms with Gasteiger partial charge < -0.3 is 4.57 Å². The molecule has 0 aliphatic rings. The number of hydrogen-bond donors (Lipinski definition) is 0. The summed E-state index contributed by atoms with van der Waals surface area (Å²) in [5, 5.41) is 0.502. The Kier molecular flexibility index (Phi) is 4.94. The summed E-state index contributed by atoms with van der Waals surface area (Å²) >= 11 is 1.24. The first-order valence-electron chi connectivity index (χ1n) is 7.94. The summed E-state index contributed by atoms with van der Waals surface area (Å²) < 4.78 is 4.07. The van der Waals surface area contributed by atoms with Gasteiger partial charge in [-0.2, -0.15) is 0 Å². The SMILES string of the molecule is C=CCn1c(SCC(=O)c2ccccc2)nc2c1c(=O)n(C)c(=O)n2C. The van der Waals surface area contributed by atoms with E-state index in [1.54, 1.807) is 29.8 Å². The standard InChI is InChI=1S/C18H18N4O3S/c1-4-10-22-14-15(20(2)18(25)21(3)16(14)24)19-17(22)26-11-13(23)12-8-6-5-7-9-12/h4-9H,1,10-11H2,2-3H3. The molecule has 0 fully saturated rings. The Morgan fingerprint density at radius 2 is 1.88 bits per heavy atom. The number of hydrogen-bond acceptors (Lipinski definition) is 5. The van der Waals surface area contributed by atoms with E-state index in [9.17, 15) is 14.4 Å². The van der Waals surface area contributed by atoms with Crippen molar-refractivity contribution < 1.29 is 4.79 Å². The molecule has 0 radical (unpaired) electrons. The van der Waals surface area contributed by atoms with Crippen molar-refractivity contribution in [3.63, 3.8) is 0 Å². The number of nitrogens with zero attached hydrogens (tertiary/aromatic N) is 4. The van der Waals surface area contributed by atoms with Crippen LogP contribution in [0.25, 0.3) is 11.2 Å². The summed E-state index contributed by atoms with van der Waals surface area (Å²) in [4.78, 5) is 41.5. The smallest absolute Gasteiger partial charge is 0.309 e. The topological polar surface area (TPSA) is 78.9 Å². The van der Waals surface area contributed by atoms with Crippen LogP contribution in [-0.4, -0.2) is 30.2 Å². The molecule has 0 N–H and O–H groups in total. The van der Waals surface area contributed by atoms with Gasteiger partial charge in [0.25, 0.3) is 5.56 Å². The molecule has 0 aliphatic heterocycles. The second kappa shape index (κ2) is 7.17. The number of allylic oxidation sites excluding steroid dienone is 1. The van der Waals surface area contributed by atoms with Crippen LogP contribution in [0.4, 0.5) is 0 Å². The van der Waals surface area contributed by atoms with E-state index in [1.165, 1.54) is 23.4 Å². The van der Waals surface area contributed by atoms with E-state index in [4.69, 9.17) is 0 Å². The fourth-order valence-electron chi connectivity index (χ4n) is 2.67. The molecule has 0 unspecified atom stereocenters. The molecule has 134 valence electrons. The Balaban J connectivity index is 2.04. The van der Waals surface area contributed by atoms with Crippen molar-refractivity contribution in [2.75, 3.05) is 5.75 Å². The van der Waals surface area contributed by atoms with Crippen LogP contribution in [0.1, 0.15) is 10.4 Å². The molecule has 0 saturated heterocycles. The molecule has 3 aromatic rings. The summed E-state index contributed by atoms with van der Waals surface area (Å²) in [6, 6.07) is 8.99. The lowest BCUT2D eigenvalue weighted by Crippen LogP contribution is -2.37. The third-order valence-corrected chi connectivity index (χ3v) is 5.03. The van der Waals surface area contributed by atoms with Gasteiger partial charge in [-0.25, -0.2) is 9.78 Å². The highest BCUT2D eigenvalue weighted by molar-refractivity contribution is 7.99. The van der Waals surface area contributed by atoms with Crippen molar-refractivity contribution in [1.29, 1.82) is 0 Å². The lowest BCUT2D eigenvalue weighted by Gasteiger charge is -2.06. The maximum atomic E-state index is 12.5. The van der Waals surface area contributed by atoms with Gasteiger partial charge in [-0.1, -0.05) is 48.2 Å². The molecule has 0 aliphatic carbocycles. The lowest BCUT2D eigenvalue weighted by atomic mass is 10.2. The predicted molar refractivity (Wildman–Crippen MR) is 102 cm³/mol. The molecular weight excluding hydrogens is 352 g/mol. The van der Waals surface area contributed by atoms with Gasteiger partial charge >= 0.3 is 5.69 Å². The van der Waals surface area contributed by atoms with Crippen molar-refractivity contribution >= 4 is 28.7 Å². The molecule has 0 spiro atoms. The van der Waals surface area contributed by atoms with E-state index < -0.39 is 11.2 Å². The minimum absolute atomic E-state index is 0.0328. The number of fused-ring (bicyclic) bond motifs is 1.